The van der Waals surface area contributed by atoms with Gasteiger partial charge in [-0.15, -0.1) is 0 Å². The van der Waals surface area contributed by atoms with Gasteiger partial charge in [0.15, 0.2) is 0 Å². The third-order valence-electron chi connectivity index (χ3n) is 4.31. The SMILES string of the molecule is CCCC1(C(=O)O)CCCN(C(=O)Cc2ccccc2)C1. The molecule has 4 nitrogen and oxygen atoms in total. The van der Waals surface area contributed by atoms with Gasteiger partial charge in [0.1, 0.15) is 0 Å². The summed E-state index contributed by atoms with van der Waals surface area (Å²) in [6, 6.07) is 9.61. The van der Waals surface area contributed by atoms with Crippen LogP contribution in [0.1, 0.15) is 38.2 Å². The van der Waals surface area contributed by atoms with Crippen LogP contribution >= 0.6 is 0 Å². The van der Waals surface area contributed by atoms with Crippen LogP contribution in [0, 0.1) is 5.41 Å². The van der Waals surface area contributed by atoms with E-state index in [-0.39, 0.29) is 5.91 Å². The minimum atomic E-state index is -0.762. The van der Waals surface area contributed by atoms with Crippen molar-refractivity contribution in [1.82, 2.24) is 4.90 Å². The van der Waals surface area contributed by atoms with E-state index in [1.165, 1.54) is 0 Å². The minimum Gasteiger partial charge on any atom is -0.481 e. The Balaban J connectivity index is 2.06. The molecule has 2 rings (SSSR count). The summed E-state index contributed by atoms with van der Waals surface area (Å²) in [6.07, 6.45) is 3.26. The molecule has 114 valence electrons. The molecule has 0 saturated carbocycles. The number of nitrogens with zero attached hydrogens (tertiary/aromatic N) is 1. The topological polar surface area (TPSA) is 57.6 Å². The van der Waals surface area contributed by atoms with Crippen LogP contribution in [-0.4, -0.2) is 35.0 Å². The Morgan fingerprint density at radius 3 is 2.62 bits per heavy atom. The van der Waals surface area contributed by atoms with Crippen LogP contribution in [-0.2, 0) is 16.0 Å². The molecule has 21 heavy (non-hydrogen) atoms. The molecule has 1 amide bonds. The van der Waals surface area contributed by atoms with Crippen molar-refractivity contribution in [2.75, 3.05) is 13.1 Å². The Morgan fingerprint density at radius 2 is 2.00 bits per heavy atom. The Morgan fingerprint density at radius 1 is 1.29 bits per heavy atom. The maximum Gasteiger partial charge on any atom is 0.311 e. The van der Waals surface area contributed by atoms with Crippen molar-refractivity contribution in [3.63, 3.8) is 0 Å². The molecule has 0 bridgehead atoms. The lowest BCUT2D eigenvalue weighted by atomic mass is 9.76. The number of carbonyl (C=O) groups is 2. The third kappa shape index (κ3) is 3.63. The predicted molar refractivity (Wildman–Crippen MR) is 80.9 cm³/mol. The molecule has 1 N–H and O–H groups in total. The number of piperidine rings is 1. The number of carbonyl (C=O) groups excluding carboxylic acids is 1. The fraction of sp³-hybridized carbons (Fsp3) is 0.529. The highest BCUT2D eigenvalue weighted by Gasteiger charge is 2.42. The van der Waals surface area contributed by atoms with E-state index in [2.05, 4.69) is 0 Å². The van der Waals surface area contributed by atoms with Crippen LogP contribution in [0.2, 0.25) is 0 Å². The van der Waals surface area contributed by atoms with E-state index >= 15 is 0 Å². The largest absolute Gasteiger partial charge is 0.481 e. The lowest BCUT2D eigenvalue weighted by Gasteiger charge is -2.40. The van der Waals surface area contributed by atoms with E-state index in [4.69, 9.17) is 0 Å². The average Bonchev–Trinajstić information content (AvgIpc) is 2.48. The zero-order valence-electron chi connectivity index (χ0n) is 12.5. The summed E-state index contributed by atoms with van der Waals surface area (Å²) in [6.45, 7) is 3.02. The maximum atomic E-state index is 12.4. The average molecular weight is 289 g/mol. The highest BCUT2D eigenvalue weighted by atomic mass is 16.4. The molecule has 1 atom stereocenters. The number of amides is 1. The van der Waals surface area contributed by atoms with E-state index in [1.54, 1.807) is 4.90 Å². The molecule has 4 heteroatoms. The number of hydrogen-bond acceptors (Lipinski definition) is 2. The lowest BCUT2D eigenvalue weighted by molar-refractivity contribution is -0.155. The third-order valence-corrected chi connectivity index (χ3v) is 4.31. The first-order valence-electron chi connectivity index (χ1n) is 7.62. The molecule has 0 aromatic heterocycles. The number of aliphatic carboxylic acids is 1. The Labute approximate surface area is 125 Å². The summed E-state index contributed by atoms with van der Waals surface area (Å²) in [5.41, 5.74) is 0.226. The van der Waals surface area contributed by atoms with Gasteiger partial charge in [-0.3, -0.25) is 9.59 Å². The fourth-order valence-electron chi connectivity index (χ4n) is 3.19. The second-order valence-electron chi connectivity index (χ2n) is 5.92. The van der Waals surface area contributed by atoms with Gasteiger partial charge in [0, 0.05) is 13.1 Å². The van der Waals surface area contributed by atoms with Crippen LogP contribution in [0.3, 0.4) is 0 Å². The quantitative estimate of drug-likeness (QED) is 0.906. The summed E-state index contributed by atoms with van der Waals surface area (Å²) < 4.78 is 0. The molecule has 1 aliphatic rings. The smallest absolute Gasteiger partial charge is 0.311 e. The van der Waals surface area contributed by atoms with Gasteiger partial charge < -0.3 is 10.0 Å². The zero-order chi connectivity index (χ0) is 15.3. The number of benzene rings is 1. The summed E-state index contributed by atoms with van der Waals surface area (Å²) in [5.74, 6) is -0.732. The van der Waals surface area contributed by atoms with Crippen molar-refractivity contribution in [2.45, 2.75) is 39.0 Å². The molecule has 0 radical (unpaired) electrons. The molecule has 1 heterocycles. The Bertz CT molecular complexity index is 496. The van der Waals surface area contributed by atoms with Crippen LogP contribution in [0.4, 0.5) is 0 Å². The van der Waals surface area contributed by atoms with Crippen molar-refractivity contribution in [3.8, 4) is 0 Å². The summed E-state index contributed by atoms with van der Waals surface area (Å²) >= 11 is 0. The number of carboxylic acids is 1. The van der Waals surface area contributed by atoms with Crippen molar-refractivity contribution in [1.29, 1.82) is 0 Å². The van der Waals surface area contributed by atoms with Gasteiger partial charge in [0.25, 0.3) is 0 Å². The van der Waals surface area contributed by atoms with Crippen LogP contribution < -0.4 is 0 Å². The molecule has 1 unspecified atom stereocenters. The van der Waals surface area contributed by atoms with Crippen LogP contribution in [0.25, 0.3) is 0 Å². The maximum absolute atomic E-state index is 12.4. The van der Waals surface area contributed by atoms with Gasteiger partial charge in [0.05, 0.1) is 11.8 Å². The predicted octanol–water partition coefficient (Wildman–Crippen LogP) is 2.72. The molecule has 0 aliphatic carbocycles. The number of likely N-dealkylation sites (tertiary alicyclic amines) is 1. The molecular weight excluding hydrogens is 266 g/mol. The van der Waals surface area contributed by atoms with E-state index in [0.29, 0.717) is 32.4 Å². The summed E-state index contributed by atoms with van der Waals surface area (Å²) in [5, 5.41) is 9.57. The van der Waals surface area contributed by atoms with Crippen molar-refractivity contribution in [2.24, 2.45) is 5.41 Å². The van der Waals surface area contributed by atoms with Crippen LogP contribution in [0.5, 0.6) is 0 Å². The van der Waals surface area contributed by atoms with Gasteiger partial charge >= 0.3 is 5.97 Å². The normalized spacial score (nSPS) is 22.0. The molecule has 1 saturated heterocycles. The standard InChI is InChI=1S/C17H23NO3/c1-2-9-17(16(20)21)10-6-11-18(13-17)15(19)12-14-7-4-3-5-8-14/h3-5,7-8H,2,6,9-13H2,1H3,(H,20,21). The van der Waals surface area contributed by atoms with E-state index in [1.807, 2.05) is 37.3 Å². The second kappa shape index (κ2) is 6.74. The van der Waals surface area contributed by atoms with E-state index in [9.17, 15) is 14.7 Å². The highest BCUT2D eigenvalue weighted by molar-refractivity contribution is 5.81. The monoisotopic (exact) mass is 289 g/mol. The van der Waals surface area contributed by atoms with Crippen LogP contribution in [0.15, 0.2) is 30.3 Å². The fourth-order valence-corrected chi connectivity index (χ4v) is 3.19. The van der Waals surface area contributed by atoms with Gasteiger partial charge in [0.2, 0.25) is 5.91 Å². The van der Waals surface area contributed by atoms with Crippen molar-refractivity contribution < 1.29 is 14.7 Å². The molecular formula is C17H23NO3. The molecule has 1 aliphatic heterocycles. The molecule has 1 aromatic carbocycles. The number of rotatable bonds is 5. The zero-order valence-corrected chi connectivity index (χ0v) is 12.5. The van der Waals surface area contributed by atoms with E-state index < -0.39 is 11.4 Å². The summed E-state index contributed by atoms with van der Waals surface area (Å²) in [7, 11) is 0. The Kier molecular flexibility index (Phi) is 4.99. The van der Waals surface area contributed by atoms with Gasteiger partial charge in [-0.2, -0.15) is 0 Å². The lowest BCUT2D eigenvalue weighted by Crippen LogP contribution is -2.50. The van der Waals surface area contributed by atoms with Crippen molar-refractivity contribution >= 4 is 11.9 Å². The van der Waals surface area contributed by atoms with Crippen molar-refractivity contribution in [3.05, 3.63) is 35.9 Å². The van der Waals surface area contributed by atoms with E-state index in [0.717, 1.165) is 18.4 Å². The van der Waals surface area contributed by atoms with Gasteiger partial charge in [-0.25, -0.2) is 0 Å². The molecule has 0 spiro atoms. The first kappa shape index (κ1) is 15.5. The summed E-state index contributed by atoms with van der Waals surface area (Å²) in [4.78, 5) is 25.8. The number of carboxylic acid groups (broad SMARTS) is 1. The Hall–Kier alpha value is -1.84. The number of hydrogen-bond donors (Lipinski definition) is 1. The minimum absolute atomic E-state index is 0.0302. The molecule has 1 aromatic rings. The van der Waals surface area contributed by atoms with Gasteiger partial charge in [-0.1, -0.05) is 43.7 Å². The first-order valence-corrected chi connectivity index (χ1v) is 7.62. The molecule has 1 fully saturated rings. The first-order chi connectivity index (χ1) is 10.1. The van der Waals surface area contributed by atoms with Gasteiger partial charge in [-0.05, 0) is 24.8 Å². The second-order valence-corrected chi connectivity index (χ2v) is 5.92. The highest BCUT2D eigenvalue weighted by Crippen LogP contribution is 2.35.